The van der Waals surface area contributed by atoms with Crippen molar-refractivity contribution in [2.45, 2.75) is 6.92 Å². The van der Waals surface area contributed by atoms with Crippen LogP contribution in [-0.2, 0) is 4.79 Å². The van der Waals surface area contributed by atoms with E-state index in [2.05, 4.69) is 20.9 Å². The highest BCUT2D eigenvalue weighted by molar-refractivity contribution is 6.03. The fourth-order valence-electron chi connectivity index (χ4n) is 2.45. The zero-order valence-corrected chi connectivity index (χ0v) is 15.9. The summed E-state index contributed by atoms with van der Waals surface area (Å²) in [4.78, 5) is 28.4. The lowest BCUT2D eigenvalue weighted by Crippen LogP contribution is -2.48. The predicted molar refractivity (Wildman–Crippen MR) is 107 cm³/mol. The molecule has 0 aliphatic carbocycles. The van der Waals surface area contributed by atoms with Gasteiger partial charge in [-0.1, -0.05) is 25.1 Å². The number of amides is 2. The van der Waals surface area contributed by atoms with Gasteiger partial charge in [0, 0.05) is 11.5 Å². The number of nitrogens with one attached hydrogen (secondary N) is 3. The number of carbonyl (C=O) groups excluding carboxylic acids is 2. The quantitative estimate of drug-likeness (QED) is 0.725. The van der Waals surface area contributed by atoms with E-state index in [1.807, 2.05) is 13.0 Å². The van der Waals surface area contributed by atoms with Gasteiger partial charge in [-0.05, 0) is 43.3 Å². The monoisotopic (exact) mass is 396 g/mol. The molecule has 1 aliphatic rings. The molecule has 1 aromatic heterocycles. The van der Waals surface area contributed by atoms with Gasteiger partial charge in [0.15, 0.2) is 0 Å². The Morgan fingerprint density at radius 1 is 1.08 bits per heavy atom. The van der Waals surface area contributed by atoms with Crippen LogP contribution in [0.25, 0.3) is 0 Å². The minimum atomic E-state index is -0.217. The Morgan fingerprint density at radius 2 is 1.77 bits per heavy atom. The zero-order valence-electron chi connectivity index (χ0n) is 14.3. The fourth-order valence-corrected chi connectivity index (χ4v) is 2.45. The summed E-state index contributed by atoms with van der Waals surface area (Å²) in [6.07, 6.45) is 1.55. The van der Waals surface area contributed by atoms with Gasteiger partial charge < -0.3 is 16.0 Å². The summed E-state index contributed by atoms with van der Waals surface area (Å²) < 4.78 is 0. The standard InChI is InChI=1S/C18H20N4O2.2ClH/c1-12(14-9-19-10-14)17(23)21-15-7-8-16(20-11-15)22-18(24)13-5-3-2-4-6-13;;/h2-8,11-12,14,19H,9-10H2,1H3,(H,21,23)(H,20,22,24);2*1H. The van der Waals surface area contributed by atoms with Crippen LogP contribution < -0.4 is 16.0 Å². The first-order valence-electron chi connectivity index (χ1n) is 7.97. The molecule has 1 unspecified atom stereocenters. The van der Waals surface area contributed by atoms with Crippen molar-refractivity contribution in [2.75, 3.05) is 23.7 Å². The van der Waals surface area contributed by atoms with Gasteiger partial charge in [-0.15, -0.1) is 24.8 Å². The molecule has 0 bridgehead atoms. The summed E-state index contributed by atoms with van der Waals surface area (Å²) in [5, 5.41) is 8.76. The van der Waals surface area contributed by atoms with Crippen LogP contribution in [0.15, 0.2) is 48.7 Å². The maximum Gasteiger partial charge on any atom is 0.256 e. The van der Waals surface area contributed by atoms with Crippen molar-refractivity contribution in [1.82, 2.24) is 10.3 Å². The molecule has 3 N–H and O–H groups in total. The topological polar surface area (TPSA) is 83.1 Å². The number of pyridine rings is 1. The van der Waals surface area contributed by atoms with Gasteiger partial charge in [0.2, 0.25) is 5.91 Å². The lowest BCUT2D eigenvalue weighted by Gasteiger charge is -2.31. The van der Waals surface area contributed by atoms with Crippen molar-refractivity contribution >= 4 is 48.1 Å². The molecule has 3 rings (SSSR count). The number of anilines is 2. The third-order valence-corrected chi connectivity index (χ3v) is 4.24. The minimum absolute atomic E-state index is 0. The molecule has 2 aromatic rings. The Hall–Kier alpha value is -2.15. The second-order valence-corrected chi connectivity index (χ2v) is 5.95. The summed E-state index contributed by atoms with van der Waals surface area (Å²) in [7, 11) is 0. The first-order valence-corrected chi connectivity index (χ1v) is 7.97. The van der Waals surface area contributed by atoms with E-state index in [0.29, 0.717) is 23.0 Å². The molecule has 0 spiro atoms. The maximum atomic E-state index is 12.2. The SMILES string of the molecule is CC(C(=O)Nc1ccc(NC(=O)c2ccccc2)nc1)C1CNC1.Cl.Cl. The van der Waals surface area contributed by atoms with Crippen molar-refractivity contribution in [2.24, 2.45) is 11.8 Å². The second kappa shape index (κ2) is 10.1. The summed E-state index contributed by atoms with van der Waals surface area (Å²) in [6, 6.07) is 12.3. The number of carbonyl (C=O) groups is 2. The van der Waals surface area contributed by atoms with Crippen LogP contribution in [0, 0.1) is 11.8 Å². The van der Waals surface area contributed by atoms with Crippen molar-refractivity contribution in [3.63, 3.8) is 0 Å². The molecule has 0 radical (unpaired) electrons. The Kier molecular flexibility index (Phi) is 8.51. The number of nitrogens with zero attached hydrogens (tertiary/aromatic N) is 1. The number of halogens is 2. The summed E-state index contributed by atoms with van der Waals surface area (Å²) in [5.41, 5.74) is 1.19. The number of benzene rings is 1. The van der Waals surface area contributed by atoms with Crippen molar-refractivity contribution in [3.05, 3.63) is 54.2 Å². The zero-order chi connectivity index (χ0) is 16.9. The Morgan fingerprint density at radius 3 is 2.31 bits per heavy atom. The molecular weight excluding hydrogens is 375 g/mol. The Balaban J connectivity index is 0.00000169. The van der Waals surface area contributed by atoms with Crippen LogP contribution in [0.2, 0.25) is 0 Å². The van der Waals surface area contributed by atoms with Crippen molar-refractivity contribution < 1.29 is 9.59 Å². The molecule has 1 aromatic carbocycles. The lowest BCUT2D eigenvalue weighted by atomic mass is 9.88. The van der Waals surface area contributed by atoms with E-state index in [9.17, 15) is 9.59 Å². The number of rotatable bonds is 5. The smallest absolute Gasteiger partial charge is 0.256 e. The van der Waals surface area contributed by atoms with E-state index in [1.54, 1.807) is 42.6 Å². The third kappa shape index (κ3) is 5.42. The van der Waals surface area contributed by atoms with Gasteiger partial charge in [0.1, 0.15) is 5.82 Å². The summed E-state index contributed by atoms with van der Waals surface area (Å²) in [6.45, 7) is 3.71. The van der Waals surface area contributed by atoms with Crippen LogP contribution in [0.5, 0.6) is 0 Å². The van der Waals surface area contributed by atoms with Crippen LogP contribution in [0.3, 0.4) is 0 Å². The molecule has 1 aliphatic heterocycles. The van der Waals surface area contributed by atoms with Crippen LogP contribution in [0.1, 0.15) is 17.3 Å². The molecular formula is C18H22Cl2N4O2. The molecule has 0 saturated carbocycles. The molecule has 1 saturated heterocycles. The minimum Gasteiger partial charge on any atom is -0.324 e. The highest BCUT2D eigenvalue weighted by atomic mass is 35.5. The fraction of sp³-hybridized carbons (Fsp3) is 0.278. The highest BCUT2D eigenvalue weighted by Gasteiger charge is 2.28. The van der Waals surface area contributed by atoms with Crippen LogP contribution in [0.4, 0.5) is 11.5 Å². The molecule has 1 fully saturated rings. The summed E-state index contributed by atoms with van der Waals surface area (Å²) >= 11 is 0. The average molecular weight is 397 g/mol. The second-order valence-electron chi connectivity index (χ2n) is 5.95. The lowest BCUT2D eigenvalue weighted by molar-refractivity contribution is -0.121. The molecule has 6 nitrogen and oxygen atoms in total. The van der Waals surface area contributed by atoms with E-state index >= 15 is 0 Å². The van der Waals surface area contributed by atoms with Gasteiger partial charge in [0.05, 0.1) is 11.9 Å². The van der Waals surface area contributed by atoms with Crippen LogP contribution in [-0.4, -0.2) is 29.9 Å². The van der Waals surface area contributed by atoms with E-state index in [4.69, 9.17) is 0 Å². The first kappa shape index (κ1) is 21.9. The molecule has 2 amide bonds. The van der Waals surface area contributed by atoms with E-state index in [1.165, 1.54) is 0 Å². The number of hydrogen-bond acceptors (Lipinski definition) is 4. The van der Waals surface area contributed by atoms with Gasteiger partial charge in [-0.3, -0.25) is 9.59 Å². The maximum absolute atomic E-state index is 12.2. The summed E-state index contributed by atoms with van der Waals surface area (Å²) in [5.74, 6) is 0.569. The van der Waals surface area contributed by atoms with Gasteiger partial charge in [-0.2, -0.15) is 0 Å². The van der Waals surface area contributed by atoms with E-state index in [-0.39, 0.29) is 42.5 Å². The normalized spacial score (nSPS) is 14.0. The van der Waals surface area contributed by atoms with E-state index in [0.717, 1.165) is 13.1 Å². The van der Waals surface area contributed by atoms with Gasteiger partial charge >= 0.3 is 0 Å². The molecule has 1 atom stereocenters. The van der Waals surface area contributed by atoms with Gasteiger partial charge in [-0.25, -0.2) is 4.98 Å². The molecule has 140 valence electrons. The molecule has 2 heterocycles. The highest BCUT2D eigenvalue weighted by Crippen LogP contribution is 2.18. The average Bonchev–Trinajstić information content (AvgIpc) is 2.55. The third-order valence-electron chi connectivity index (χ3n) is 4.24. The molecule has 8 heteroatoms. The van der Waals surface area contributed by atoms with Crippen LogP contribution >= 0.6 is 24.8 Å². The predicted octanol–water partition coefficient (Wildman–Crippen LogP) is 2.97. The molecule has 26 heavy (non-hydrogen) atoms. The Labute approximate surface area is 165 Å². The van der Waals surface area contributed by atoms with Crippen molar-refractivity contribution in [3.8, 4) is 0 Å². The Bertz CT molecular complexity index is 722. The van der Waals surface area contributed by atoms with Gasteiger partial charge in [0.25, 0.3) is 5.91 Å². The van der Waals surface area contributed by atoms with Crippen molar-refractivity contribution in [1.29, 1.82) is 0 Å². The first-order chi connectivity index (χ1) is 11.6. The van der Waals surface area contributed by atoms with E-state index < -0.39 is 0 Å². The number of hydrogen-bond donors (Lipinski definition) is 3. The largest absolute Gasteiger partial charge is 0.324 e. The number of aromatic nitrogens is 1.